The lowest BCUT2D eigenvalue weighted by Crippen LogP contribution is -2.63. The van der Waals surface area contributed by atoms with Gasteiger partial charge in [-0.3, -0.25) is 14.5 Å². The molecule has 124 valence electrons. The third-order valence-electron chi connectivity index (χ3n) is 5.16. The normalized spacial score (nSPS) is 22.9. The Balaban J connectivity index is 1.75. The summed E-state index contributed by atoms with van der Waals surface area (Å²) in [5.74, 6) is 0.272. The minimum atomic E-state index is -0.0677. The zero-order valence-corrected chi connectivity index (χ0v) is 14.2. The maximum absolute atomic E-state index is 12.6. The summed E-state index contributed by atoms with van der Waals surface area (Å²) in [4.78, 5) is 30.1. The predicted molar refractivity (Wildman–Crippen MR) is 88.6 cm³/mol. The largest absolute Gasteiger partial charge is 0.349 e. The Morgan fingerprint density at radius 1 is 1.17 bits per heavy atom. The fourth-order valence-electron chi connectivity index (χ4n) is 3.94. The van der Waals surface area contributed by atoms with Gasteiger partial charge in [-0.2, -0.15) is 0 Å². The van der Waals surface area contributed by atoms with Gasteiger partial charge in [0.05, 0.1) is 5.92 Å². The van der Waals surface area contributed by atoms with Crippen LogP contribution in [0.1, 0.15) is 12.5 Å². The van der Waals surface area contributed by atoms with Crippen LogP contribution in [0.25, 0.3) is 0 Å². The lowest BCUT2D eigenvalue weighted by molar-refractivity contribution is -0.151. The summed E-state index contributed by atoms with van der Waals surface area (Å²) in [5.41, 5.74) is 1.20. The van der Waals surface area contributed by atoms with Gasteiger partial charge in [0.2, 0.25) is 11.8 Å². The van der Waals surface area contributed by atoms with Crippen LogP contribution in [0.15, 0.2) is 30.3 Å². The molecule has 1 aromatic carbocycles. The highest BCUT2D eigenvalue weighted by Crippen LogP contribution is 2.45. The van der Waals surface area contributed by atoms with Crippen molar-refractivity contribution in [1.82, 2.24) is 14.7 Å². The third-order valence-corrected chi connectivity index (χ3v) is 5.16. The summed E-state index contributed by atoms with van der Waals surface area (Å²) in [5, 5.41) is 0. The highest BCUT2D eigenvalue weighted by Gasteiger charge is 2.57. The van der Waals surface area contributed by atoms with Gasteiger partial charge in [0.25, 0.3) is 0 Å². The van der Waals surface area contributed by atoms with E-state index in [1.165, 1.54) is 5.56 Å². The molecule has 0 saturated carbocycles. The van der Waals surface area contributed by atoms with E-state index in [4.69, 9.17) is 0 Å². The molecule has 0 N–H and O–H groups in total. The molecule has 0 aliphatic carbocycles. The topological polar surface area (TPSA) is 43.9 Å². The molecule has 0 radical (unpaired) electrons. The first-order valence-electron chi connectivity index (χ1n) is 8.14. The van der Waals surface area contributed by atoms with E-state index in [2.05, 4.69) is 17.0 Å². The minimum Gasteiger partial charge on any atom is -0.349 e. The number of amides is 2. The number of carbonyl (C=O) groups is 2. The van der Waals surface area contributed by atoms with Gasteiger partial charge >= 0.3 is 0 Å². The van der Waals surface area contributed by atoms with Crippen LogP contribution >= 0.6 is 0 Å². The highest BCUT2D eigenvalue weighted by atomic mass is 16.2. The van der Waals surface area contributed by atoms with Crippen LogP contribution in [0, 0.1) is 11.3 Å². The molecule has 0 bridgehead atoms. The Morgan fingerprint density at radius 3 is 2.39 bits per heavy atom. The van der Waals surface area contributed by atoms with Crippen LogP contribution in [0.5, 0.6) is 0 Å². The van der Waals surface area contributed by atoms with Gasteiger partial charge in [0.15, 0.2) is 0 Å². The van der Waals surface area contributed by atoms with Crippen LogP contribution in [-0.4, -0.2) is 66.8 Å². The first-order chi connectivity index (χ1) is 10.9. The molecular formula is C18H25N3O2. The summed E-state index contributed by atoms with van der Waals surface area (Å²) in [7, 11) is 3.63. The lowest BCUT2D eigenvalue weighted by Gasteiger charge is -2.50. The standard InChI is InChI=1S/C18H25N3O2/c1-14(22)21-12-18(13-21)11-20(9-15-7-5-4-6-8-15)10-16(18)17(23)19(2)3/h4-8,16H,9-13H2,1-3H3. The molecule has 1 aromatic rings. The predicted octanol–water partition coefficient (Wildman–Crippen LogP) is 1.06. The van der Waals surface area contributed by atoms with Gasteiger partial charge in [0.1, 0.15) is 0 Å². The molecule has 5 heteroatoms. The summed E-state index contributed by atoms with van der Waals surface area (Å²) in [6.45, 7) is 5.54. The Kier molecular flexibility index (Phi) is 4.15. The van der Waals surface area contributed by atoms with E-state index in [9.17, 15) is 9.59 Å². The monoisotopic (exact) mass is 315 g/mol. The molecule has 5 nitrogen and oxygen atoms in total. The second kappa shape index (κ2) is 5.96. The zero-order valence-electron chi connectivity index (χ0n) is 14.2. The Hall–Kier alpha value is -1.88. The molecule has 0 aromatic heterocycles. The van der Waals surface area contributed by atoms with Crippen molar-refractivity contribution in [1.29, 1.82) is 0 Å². The van der Waals surface area contributed by atoms with Crippen LogP contribution in [0.3, 0.4) is 0 Å². The van der Waals surface area contributed by atoms with Crippen molar-refractivity contribution in [3.05, 3.63) is 35.9 Å². The maximum Gasteiger partial charge on any atom is 0.227 e. The zero-order chi connectivity index (χ0) is 16.6. The number of rotatable bonds is 3. The van der Waals surface area contributed by atoms with E-state index in [1.54, 1.807) is 11.8 Å². The molecule has 1 spiro atoms. The minimum absolute atomic E-state index is 0.0168. The number of benzene rings is 1. The van der Waals surface area contributed by atoms with E-state index in [0.717, 1.165) is 19.6 Å². The first-order valence-corrected chi connectivity index (χ1v) is 8.14. The van der Waals surface area contributed by atoms with Gasteiger partial charge in [-0.25, -0.2) is 0 Å². The van der Waals surface area contributed by atoms with Crippen LogP contribution in [-0.2, 0) is 16.1 Å². The summed E-state index contributed by atoms with van der Waals surface area (Å²) < 4.78 is 0. The molecule has 1 unspecified atom stereocenters. The number of hydrogen-bond acceptors (Lipinski definition) is 3. The fourth-order valence-corrected chi connectivity index (χ4v) is 3.94. The molecule has 2 fully saturated rings. The summed E-state index contributed by atoms with van der Waals surface area (Å²) >= 11 is 0. The highest BCUT2D eigenvalue weighted by molar-refractivity contribution is 5.81. The number of nitrogens with zero attached hydrogens (tertiary/aromatic N) is 3. The molecule has 23 heavy (non-hydrogen) atoms. The van der Waals surface area contributed by atoms with E-state index >= 15 is 0 Å². The Labute approximate surface area is 137 Å². The lowest BCUT2D eigenvalue weighted by atomic mass is 9.71. The molecule has 1 atom stereocenters. The van der Waals surface area contributed by atoms with E-state index in [0.29, 0.717) is 13.1 Å². The quantitative estimate of drug-likeness (QED) is 0.838. The Morgan fingerprint density at radius 2 is 1.83 bits per heavy atom. The second-order valence-electron chi connectivity index (χ2n) is 7.18. The van der Waals surface area contributed by atoms with Crippen LogP contribution in [0.4, 0.5) is 0 Å². The SMILES string of the molecule is CC(=O)N1CC2(CN(Cc3ccccc3)CC2C(=O)N(C)C)C1. The van der Waals surface area contributed by atoms with Crippen molar-refractivity contribution < 1.29 is 9.59 Å². The summed E-state index contributed by atoms with van der Waals surface area (Å²) in [6, 6.07) is 10.4. The molecular weight excluding hydrogens is 290 g/mol. The average Bonchev–Trinajstić information content (AvgIpc) is 2.85. The number of likely N-dealkylation sites (tertiary alicyclic amines) is 2. The number of hydrogen-bond donors (Lipinski definition) is 0. The average molecular weight is 315 g/mol. The third kappa shape index (κ3) is 2.98. The van der Waals surface area contributed by atoms with E-state index in [-0.39, 0.29) is 23.1 Å². The first kappa shape index (κ1) is 16.0. The Bertz CT molecular complexity index is 594. The van der Waals surface area contributed by atoms with Crippen molar-refractivity contribution in [2.75, 3.05) is 40.3 Å². The molecule has 3 rings (SSSR count). The van der Waals surface area contributed by atoms with Gasteiger partial charge in [0, 0.05) is 59.2 Å². The molecule has 2 saturated heterocycles. The second-order valence-corrected chi connectivity index (χ2v) is 7.18. The van der Waals surface area contributed by atoms with Crippen molar-refractivity contribution in [3.63, 3.8) is 0 Å². The smallest absolute Gasteiger partial charge is 0.227 e. The van der Waals surface area contributed by atoms with E-state index in [1.807, 2.05) is 37.2 Å². The number of carbonyl (C=O) groups excluding carboxylic acids is 2. The van der Waals surface area contributed by atoms with Crippen molar-refractivity contribution in [3.8, 4) is 0 Å². The molecule has 2 aliphatic rings. The van der Waals surface area contributed by atoms with Crippen LogP contribution in [0.2, 0.25) is 0 Å². The van der Waals surface area contributed by atoms with Crippen molar-refractivity contribution >= 4 is 11.8 Å². The fraction of sp³-hybridized carbons (Fsp3) is 0.556. The maximum atomic E-state index is 12.6. The molecule has 2 aliphatic heterocycles. The van der Waals surface area contributed by atoms with E-state index < -0.39 is 0 Å². The van der Waals surface area contributed by atoms with Gasteiger partial charge in [-0.1, -0.05) is 30.3 Å². The molecule has 2 amide bonds. The van der Waals surface area contributed by atoms with Crippen molar-refractivity contribution in [2.24, 2.45) is 11.3 Å². The van der Waals surface area contributed by atoms with Crippen LogP contribution < -0.4 is 0 Å². The van der Waals surface area contributed by atoms with Gasteiger partial charge in [-0.15, -0.1) is 0 Å². The van der Waals surface area contributed by atoms with Gasteiger partial charge in [-0.05, 0) is 5.56 Å². The summed E-state index contributed by atoms with van der Waals surface area (Å²) in [6.07, 6.45) is 0. The van der Waals surface area contributed by atoms with Gasteiger partial charge < -0.3 is 9.80 Å². The van der Waals surface area contributed by atoms with Crippen molar-refractivity contribution in [2.45, 2.75) is 13.5 Å². The molecule has 2 heterocycles.